The molecule has 49 heavy (non-hydrogen) atoms. The van der Waals surface area contributed by atoms with Crippen molar-refractivity contribution in [2.24, 2.45) is 0 Å². The zero-order chi connectivity index (χ0) is 36.7. The molecule has 3 aromatic rings. The third-order valence-electron chi connectivity index (χ3n) is 8.39. The van der Waals surface area contributed by atoms with Crippen LogP contribution in [0.4, 0.5) is 11.4 Å². The molecule has 4 rings (SSSR count). The van der Waals surface area contributed by atoms with Crippen LogP contribution in [0.3, 0.4) is 0 Å². The molecule has 2 radical (unpaired) electrons. The number of nitrogens with zero attached hydrogens (tertiary/aromatic N) is 3. The molecular weight excluding hydrogens is 753 g/mol. The van der Waals surface area contributed by atoms with Crippen molar-refractivity contribution >= 4 is 43.7 Å². The number of hydrogen-bond acceptors (Lipinski definition) is 4. The van der Waals surface area contributed by atoms with Gasteiger partial charge in [-0.25, -0.2) is 4.67 Å². The van der Waals surface area contributed by atoms with E-state index >= 15 is 0 Å². The molecule has 0 bridgehead atoms. The van der Waals surface area contributed by atoms with E-state index in [1.165, 1.54) is 33.6 Å². The monoisotopic (exact) mass is 813 g/mol. The van der Waals surface area contributed by atoms with E-state index < -0.39 is 21.9 Å². The Bertz CT molecular complexity index is 1400. The minimum Gasteiger partial charge on any atom is -0.289 e. The number of para-hydroxylation sites is 3. The van der Waals surface area contributed by atoms with Crippen LogP contribution in [0, 0.1) is 6.67 Å². The fourth-order valence-electron chi connectivity index (χ4n) is 6.24. The minimum absolute atomic E-state index is 0.163. The number of rotatable bonds is 12. The van der Waals surface area contributed by atoms with Gasteiger partial charge in [0, 0.05) is 12.1 Å². The largest absolute Gasteiger partial charge is 0.289 e. The summed E-state index contributed by atoms with van der Waals surface area (Å²) in [6, 6.07) is 22.4. The fourth-order valence-corrected chi connectivity index (χ4v) is 10.5. The first-order valence-electron chi connectivity index (χ1n) is 17.8. The van der Waals surface area contributed by atoms with Crippen LogP contribution in [0.5, 0.6) is 5.75 Å². The Labute approximate surface area is 313 Å². The second-order valence-corrected chi connectivity index (χ2v) is 22.3. The molecule has 0 amide bonds. The molecule has 0 aliphatic carbocycles. The molecule has 272 valence electrons. The molecule has 1 saturated heterocycles. The van der Waals surface area contributed by atoms with Gasteiger partial charge in [-0.15, -0.1) is 0 Å². The second-order valence-electron chi connectivity index (χ2n) is 14.8. The molecule has 0 saturated carbocycles. The van der Waals surface area contributed by atoms with Gasteiger partial charge in [-0.3, -0.25) is 9.34 Å². The Morgan fingerprint density at radius 2 is 1.00 bits per heavy atom. The maximum Gasteiger partial charge on any atom is 0.220 e. The third kappa shape index (κ3) is 10.5. The van der Waals surface area contributed by atoms with Gasteiger partial charge in [0.25, 0.3) is 0 Å². The molecule has 1 fully saturated rings. The summed E-state index contributed by atoms with van der Waals surface area (Å²) >= 11 is -1.77. The normalized spacial score (nSPS) is 14.1. The molecule has 0 spiro atoms. The standard InChI is InChI=1S/C31H48N3P.C10H12O.2ClH.Ru/c1-20(2)26-15-13-16-27(21(3)4)30(26)32-19-33(35(32)34(24(9)10)25(11)12)31-28(22(5)6)17-14-18-29(31)23(7)8;1-8(2)11-10-7-5-4-6-9(10)3;;;/h13-18,20-25H,1-12H3;3-8H,1-2H3;2*1H;/q;;;;+2/p-2. The number of hydrogen-bond donors (Lipinski definition) is 0. The molecule has 8 heteroatoms. The van der Waals surface area contributed by atoms with Crippen LogP contribution in [-0.4, -0.2) is 27.5 Å². The molecule has 1 aliphatic heterocycles. The van der Waals surface area contributed by atoms with E-state index in [2.05, 4.69) is 140 Å². The summed E-state index contributed by atoms with van der Waals surface area (Å²) < 4.78 is 15.2. The van der Waals surface area contributed by atoms with Gasteiger partial charge in [0.1, 0.15) is 0 Å². The van der Waals surface area contributed by atoms with Crippen LogP contribution in [0.1, 0.15) is 148 Å². The molecule has 0 N–H and O–H groups in total. The molecule has 0 aromatic heterocycles. The van der Waals surface area contributed by atoms with E-state index in [4.69, 9.17) is 24.1 Å². The Morgan fingerprint density at radius 3 is 1.33 bits per heavy atom. The Hall–Kier alpha value is -1.48. The molecule has 0 unspecified atom stereocenters. The van der Waals surface area contributed by atoms with Crippen LogP contribution >= 0.6 is 27.8 Å². The SMILES string of the molecule is CC(C)Oc1ccccc1[CH]=[Ru]([Cl])[Cl].CC(C)c1cccc(C(C)C)c1N1[C]N(c2c(C(C)C)cccc2C(C)C)P1N(C(C)C)C(C)C. The summed E-state index contributed by atoms with van der Waals surface area (Å²) in [6.07, 6.45) is 0.163. The number of ether oxygens (including phenoxy) is 1. The summed E-state index contributed by atoms with van der Waals surface area (Å²) in [5.74, 6) is 2.67. The quantitative estimate of drug-likeness (QED) is 0.134. The van der Waals surface area contributed by atoms with Crippen molar-refractivity contribution in [2.75, 3.05) is 9.34 Å². The van der Waals surface area contributed by atoms with Crippen LogP contribution in [0.25, 0.3) is 0 Å². The molecule has 3 aromatic carbocycles. The fraction of sp³-hybridized carbons (Fsp3) is 0.512. The summed E-state index contributed by atoms with van der Waals surface area (Å²) in [7, 11) is 10.8. The van der Waals surface area contributed by atoms with Crippen LogP contribution in [0.15, 0.2) is 60.7 Å². The van der Waals surface area contributed by atoms with Crippen molar-refractivity contribution in [1.29, 1.82) is 0 Å². The first-order valence-corrected chi connectivity index (χ1v) is 24.4. The van der Waals surface area contributed by atoms with Gasteiger partial charge in [-0.1, -0.05) is 91.8 Å². The van der Waals surface area contributed by atoms with Crippen LogP contribution in [0.2, 0.25) is 0 Å². The number of benzene rings is 3. The van der Waals surface area contributed by atoms with Crippen molar-refractivity contribution in [1.82, 2.24) is 4.67 Å². The van der Waals surface area contributed by atoms with Gasteiger partial charge in [-0.2, -0.15) is 0 Å². The van der Waals surface area contributed by atoms with E-state index in [-0.39, 0.29) is 6.10 Å². The van der Waals surface area contributed by atoms with Crippen molar-refractivity contribution in [3.63, 3.8) is 0 Å². The first-order chi connectivity index (χ1) is 23.0. The Balaban J connectivity index is 0.000000388. The van der Waals surface area contributed by atoms with Gasteiger partial charge < -0.3 is 0 Å². The summed E-state index contributed by atoms with van der Waals surface area (Å²) in [5.41, 5.74) is 9.42. The molecule has 0 atom stereocenters. The molecule has 1 aliphatic rings. The van der Waals surface area contributed by atoms with Gasteiger partial charge in [0.05, 0.1) is 11.4 Å². The predicted molar refractivity (Wildman–Crippen MR) is 216 cm³/mol. The average Bonchev–Trinajstić information content (AvgIpc) is 2.99. The third-order valence-corrected chi connectivity index (χ3v) is 12.9. The first kappa shape index (κ1) is 41.9. The zero-order valence-electron chi connectivity index (χ0n) is 32.2. The van der Waals surface area contributed by atoms with Crippen molar-refractivity contribution in [3.8, 4) is 5.75 Å². The smallest absolute Gasteiger partial charge is 0.220 e. The van der Waals surface area contributed by atoms with E-state index in [0.29, 0.717) is 35.8 Å². The predicted octanol–water partition coefficient (Wildman–Crippen LogP) is 13.4. The topological polar surface area (TPSA) is 19.0 Å². The van der Waals surface area contributed by atoms with Crippen LogP contribution in [-0.2, 0) is 13.5 Å². The maximum atomic E-state index is 5.82. The van der Waals surface area contributed by atoms with E-state index in [1.807, 2.05) is 42.7 Å². The molecule has 4 nitrogen and oxygen atoms in total. The molecule has 1 heterocycles. The van der Waals surface area contributed by atoms with Crippen LogP contribution < -0.4 is 14.1 Å². The van der Waals surface area contributed by atoms with Gasteiger partial charge in [0.2, 0.25) is 6.67 Å². The Morgan fingerprint density at radius 1 is 0.612 bits per heavy atom. The van der Waals surface area contributed by atoms with E-state index in [0.717, 1.165) is 11.3 Å². The minimum atomic E-state index is -1.77. The summed E-state index contributed by atoms with van der Waals surface area (Å²) in [5, 5.41) is 0. The summed E-state index contributed by atoms with van der Waals surface area (Å²) in [6.45, 7) is 35.8. The van der Waals surface area contributed by atoms with E-state index in [9.17, 15) is 0 Å². The second kappa shape index (κ2) is 18.8. The Kier molecular flexibility index (Phi) is 16.1. The maximum absolute atomic E-state index is 5.82. The average molecular weight is 814 g/mol. The zero-order valence-corrected chi connectivity index (χ0v) is 36.3. The van der Waals surface area contributed by atoms with Crippen molar-refractivity contribution in [3.05, 3.63) is 95.1 Å². The van der Waals surface area contributed by atoms with Gasteiger partial charge in [0.15, 0.2) is 8.37 Å². The molecular formula is C41H60Cl2N3OPRu. The van der Waals surface area contributed by atoms with E-state index in [1.54, 1.807) is 0 Å². The van der Waals surface area contributed by atoms with Crippen molar-refractivity contribution < 1.29 is 18.3 Å². The number of halogens is 2. The van der Waals surface area contributed by atoms with Gasteiger partial charge in [-0.05, 0) is 73.6 Å². The number of anilines is 2. The van der Waals surface area contributed by atoms with Gasteiger partial charge >= 0.3 is 97.8 Å². The summed E-state index contributed by atoms with van der Waals surface area (Å²) in [4.78, 5) is 0. The van der Waals surface area contributed by atoms with Crippen molar-refractivity contribution in [2.45, 2.75) is 139 Å².